The third kappa shape index (κ3) is 4.36. The third-order valence-electron chi connectivity index (χ3n) is 2.63. The van der Waals surface area contributed by atoms with Gasteiger partial charge in [0, 0.05) is 32.9 Å². The second-order valence-electron chi connectivity index (χ2n) is 4.19. The summed E-state index contributed by atoms with van der Waals surface area (Å²) in [6, 6.07) is 0. The summed E-state index contributed by atoms with van der Waals surface area (Å²) in [5, 5.41) is 2.51. The van der Waals surface area contributed by atoms with Crippen molar-refractivity contribution >= 4 is 11.8 Å². The van der Waals surface area contributed by atoms with Crippen LogP contribution in [-0.4, -0.2) is 52.9 Å². The van der Waals surface area contributed by atoms with E-state index in [0.29, 0.717) is 25.3 Å². The Hall–Kier alpha value is -1.89. The number of carbonyl (C=O) groups excluding carboxylic acids is 2. The smallest absolute Gasteiger partial charge is 0.274 e. The molecule has 0 spiro atoms. The van der Waals surface area contributed by atoms with Crippen LogP contribution in [0.1, 0.15) is 23.8 Å². The van der Waals surface area contributed by atoms with Crippen LogP contribution in [0.3, 0.4) is 0 Å². The molecular formula is C12H21N5O2. The number of imidazole rings is 1. The zero-order valence-electron chi connectivity index (χ0n) is 11.4. The maximum Gasteiger partial charge on any atom is 0.274 e. The van der Waals surface area contributed by atoms with Crippen LogP contribution in [0.25, 0.3) is 0 Å². The van der Waals surface area contributed by atoms with Crippen LogP contribution >= 0.6 is 0 Å². The summed E-state index contributed by atoms with van der Waals surface area (Å²) in [4.78, 5) is 29.2. The SMILES string of the molecule is CCCN(CC(=O)NC)C(=O)c1cn(CCN)cn1. The first-order chi connectivity index (χ1) is 9.12. The van der Waals surface area contributed by atoms with Gasteiger partial charge >= 0.3 is 0 Å². The second-order valence-corrected chi connectivity index (χ2v) is 4.19. The molecule has 19 heavy (non-hydrogen) atoms. The Labute approximate surface area is 112 Å². The summed E-state index contributed by atoms with van der Waals surface area (Å²) in [5.41, 5.74) is 5.78. The summed E-state index contributed by atoms with van der Waals surface area (Å²) < 4.78 is 1.76. The van der Waals surface area contributed by atoms with Crippen LogP contribution in [0, 0.1) is 0 Å². The molecule has 0 saturated carbocycles. The van der Waals surface area contributed by atoms with Crippen LogP contribution < -0.4 is 11.1 Å². The van der Waals surface area contributed by atoms with Crippen molar-refractivity contribution in [2.75, 3.05) is 26.7 Å². The molecule has 0 aromatic carbocycles. The average molecular weight is 267 g/mol. The topological polar surface area (TPSA) is 93.2 Å². The Morgan fingerprint density at radius 1 is 1.53 bits per heavy atom. The van der Waals surface area contributed by atoms with Gasteiger partial charge in [-0.05, 0) is 6.42 Å². The van der Waals surface area contributed by atoms with E-state index in [9.17, 15) is 9.59 Å². The van der Waals surface area contributed by atoms with E-state index < -0.39 is 0 Å². The highest BCUT2D eigenvalue weighted by molar-refractivity contribution is 5.94. The quantitative estimate of drug-likeness (QED) is 0.692. The van der Waals surface area contributed by atoms with Crippen LogP contribution in [0.4, 0.5) is 0 Å². The van der Waals surface area contributed by atoms with E-state index in [0.717, 1.165) is 6.42 Å². The molecule has 1 aromatic heterocycles. The van der Waals surface area contributed by atoms with Gasteiger partial charge in [-0.1, -0.05) is 6.92 Å². The lowest BCUT2D eigenvalue weighted by Crippen LogP contribution is -2.40. The maximum absolute atomic E-state index is 12.2. The number of nitrogens with two attached hydrogens (primary N) is 1. The molecule has 7 nitrogen and oxygen atoms in total. The van der Waals surface area contributed by atoms with E-state index in [2.05, 4.69) is 10.3 Å². The molecule has 1 rings (SSSR count). The Bertz CT molecular complexity index is 430. The maximum atomic E-state index is 12.2. The normalized spacial score (nSPS) is 10.3. The fourth-order valence-corrected chi connectivity index (χ4v) is 1.68. The second kappa shape index (κ2) is 7.52. The van der Waals surface area contributed by atoms with E-state index in [-0.39, 0.29) is 18.4 Å². The van der Waals surface area contributed by atoms with Gasteiger partial charge in [0.1, 0.15) is 5.69 Å². The number of rotatable bonds is 7. The van der Waals surface area contributed by atoms with Crippen molar-refractivity contribution in [3.05, 3.63) is 18.2 Å². The summed E-state index contributed by atoms with van der Waals surface area (Å²) in [6.07, 6.45) is 4.01. The molecule has 0 unspecified atom stereocenters. The number of hydrogen-bond acceptors (Lipinski definition) is 4. The molecular weight excluding hydrogens is 246 g/mol. The number of carbonyl (C=O) groups is 2. The molecule has 1 aromatic rings. The molecule has 0 aliphatic rings. The highest BCUT2D eigenvalue weighted by Gasteiger charge is 2.19. The van der Waals surface area contributed by atoms with E-state index in [1.807, 2.05) is 6.92 Å². The Kier molecular flexibility index (Phi) is 6.01. The van der Waals surface area contributed by atoms with Crippen molar-refractivity contribution in [2.45, 2.75) is 19.9 Å². The van der Waals surface area contributed by atoms with Crippen molar-refractivity contribution in [1.82, 2.24) is 19.8 Å². The van der Waals surface area contributed by atoms with Gasteiger partial charge in [0.25, 0.3) is 5.91 Å². The van der Waals surface area contributed by atoms with Gasteiger partial charge in [0.15, 0.2) is 0 Å². The number of hydrogen-bond donors (Lipinski definition) is 2. The first kappa shape index (κ1) is 15.2. The van der Waals surface area contributed by atoms with Crippen molar-refractivity contribution in [3.63, 3.8) is 0 Å². The lowest BCUT2D eigenvalue weighted by Gasteiger charge is -2.19. The predicted octanol–water partition coefficient (Wildman–Crippen LogP) is -0.560. The zero-order valence-corrected chi connectivity index (χ0v) is 11.4. The van der Waals surface area contributed by atoms with Gasteiger partial charge in [-0.15, -0.1) is 0 Å². The van der Waals surface area contributed by atoms with Gasteiger partial charge in [0.05, 0.1) is 12.9 Å². The fraction of sp³-hybridized carbons (Fsp3) is 0.583. The zero-order chi connectivity index (χ0) is 14.3. The molecule has 0 saturated heterocycles. The van der Waals surface area contributed by atoms with Crippen molar-refractivity contribution in [3.8, 4) is 0 Å². The van der Waals surface area contributed by atoms with E-state index in [1.165, 1.54) is 4.90 Å². The van der Waals surface area contributed by atoms with Crippen molar-refractivity contribution in [2.24, 2.45) is 5.73 Å². The van der Waals surface area contributed by atoms with Crippen molar-refractivity contribution in [1.29, 1.82) is 0 Å². The Morgan fingerprint density at radius 3 is 2.84 bits per heavy atom. The van der Waals surface area contributed by atoms with Crippen molar-refractivity contribution < 1.29 is 9.59 Å². The summed E-state index contributed by atoms with van der Waals surface area (Å²) >= 11 is 0. The molecule has 0 aliphatic heterocycles. The molecule has 106 valence electrons. The highest BCUT2D eigenvalue weighted by atomic mass is 16.2. The van der Waals surface area contributed by atoms with Crippen LogP contribution in [0.15, 0.2) is 12.5 Å². The minimum atomic E-state index is -0.235. The number of aromatic nitrogens is 2. The lowest BCUT2D eigenvalue weighted by atomic mass is 10.3. The molecule has 0 bridgehead atoms. The van der Waals surface area contributed by atoms with Crippen LogP contribution in [0.2, 0.25) is 0 Å². The van der Waals surface area contributed by atoms with Crippen LogP contribution in [-0.2, 0) is 11.3 Å². The van der Waals surface area contributed by atoms with Gasteiger partial charge in [0.2, 0.25) is 5.91 Å². The largest absolute Gasteiger partial charge is 0.358 e. The summed E-state index contributed by atoms with van der Waals surface area (Å²) in [5.74, 6) is -0.426. The molecule has 0 aliphatic carbocycles. The van der Waals surface area contributed by atoms with Gasteiger partial charge in [-0.25, -0.2) is 4.98 Å². The molecule has 0 radical (unpaired) electrons. The third-order valence-corrected chi connectivity index (χ3v) is 2.63. The fourth-order valence-electron chi connectivity index (χ4n) is 1.68. The average Bonchev–Trinajstić information content (AvgIpc) is 2.86. The highest BCUT2D eigenvalue weighted by Crippen LogP contribution is 2.03. The van der Waals surface area contributed by atoms with Crippen LogP contribution in [0.5, 0.6) is 0 Å². The summed E-state index contributed by atoms with van der Waals surface area (Å²) in [7, 11) is 1.55. The minimum Gasteiger partial charge on any atom is -0.358 e. The number of nitrogens with zero attached hydrogens (tertiary/aromatic N) is 3. The number of likely N-dealkylation sites (N-methyl/N-ethyl adjacent to an activating group) is 1. The molecule has 1 heterocycles. The molecule has 7 heteroatoms. The predicted molar refractivity (Wildman–Crippen MR) is 71.5 cm³/mol. The molecule has 0 fully saturated rings. The lowest BCUT2D eigenvalue weighted by molar-refractivity contribution is -0.121. The van der Waals surface area contributed by atoms with E-state index in [1.54, 1.807) is 24.1 Å². The van der Waals surface area contributed by atoms with Gasteiger partial charge in [-0.2, -0.15) is 0 Å². The standard InChI is InChI=1S/C12H21N5O2/c1-3-5-17(8-11(18)14-2)12(19)10-7-16(6-4-13)9-15-10/h7,9H,3-6,8,13H2,1-2H3,(H,14,18). The van der Waals surface area contributed by atoms with Gasteiger partial charge < -0.3 is 20.5 Å². The van der Waals surface area contributed by atoms with Gasteiger partial charge in [-0.3, -0.25) is 9.59 Å². The minimum absolute atomic E-state index is 0.0485. The Morgan fingerprint density at radius 2 is 2.26 bits per heavy atom. The molecule has 0 atom stereocenters. The van der Waals surface area contributed by atoms with E-state index in [4.69, 9.17) is 5.73 Å². The first-order valence-electron chi connectivity index (χ1n) is 6.34. The molecule has 3 N–H and O–H groups in total. The van der Waals surface area contributed by atoms with E-state index >= 15 is 0 Å². The molecule has 2 amide bonds. The Balaban J connectivity index is 2.76. The number of nitrogens with one attached hydrogen (secondary N) is 1. The first-order valence-corrected chi connectivity index (χ1v) is 6.34. The number of amides is 2. The monoisotopic (exact) mass is 267 g/mol. The summed E-state index contributed by atoms with van der Waals surface area (Å²) in [6.45, 7) is 3.63.